The van der Waals surface area contributed by atoms with Gasteiger partial charge >= 0.3 is 0 Å². The summed E-state index contributed by atoms with van der Waals surface area (Å²) in [6.07, 6.45) is 13.6. The SMILES string of the molecule is O=C(C[C@@H](CCCC1CCCCC1)c1nc(N2CCCCC2)no1)NO. The van der Waals surface area contributed by atoms with Crippen LogP contribution < -0.4 is 10.4 Å². The fourth-order valence-electron chi connectivity index (χ4n) is 4.33. The quantitative estimate of drug-likeness (QED) is 0.539. The predicted octanol–water partition coefficient (Wildman–Crippen LogP) is 3.79. The lowest BCUT2D eigenvalue weighted by atomic mass is 9.84. The summed E-state index contributed by atoms with van der Waals surface area (Å²) in [4.78, 5) is 18.4. The van der Waals surface area contributed by atoms with Gasteiger partial charge in [-0.25, -0.2) is 5.48 Å². The van der Waals surface area contributed by atoms with E-state index in [2.05, 4.69) is 15.0 Å². The van der Waals surface area contributed by atoms with Crippen LogP contribution in [0, 0.1) is 5.92 Å². The first-order valence-corrected chi connectivity index (χ1v) is 10.3. The fraction of sp³-hybridized carbons (Fsp3) is 0.842. The molecule has 26 heavy (non-hydrogen) atoms. The van der Waals surface area contributed by atoms with Crippen LogP contribution in [-0.2, 0) is 4.79 Å². The Balaban J connectivity index is 1.57. The van der Waals surface area contributed by atoms with Gasteiger partial charge in [0.25, 0.3) is 5.95 Å². The van der Waals surface area contributed by atoms with Gasteiger partial charge in [0.15, 0.2) is 0 Å². The number of nitrogens with one attached hydrogen (secondary N) is 1. The van der Waals surface area contributed by atoms with E-state index < -0.39 is 5.91 Å². The summed E-state index contributed by atoms with van der Waals surface area (Å²) >= 11 is 0. The number of rotatable bonds is 8. The van der Waals surface area contributed by atoms with Gasteiger partial charge in [0.2, 0.25) is 11.8 Å². The minimum absolute atomic E-state index is 0.128. The number of hydrogen-bond acceptors (Lipinski definition) is 6. The third kappa shape index (κ3) is 5.43. The molecule has 7 nitrogen and oxygen atoms in total. The first-order chi connectivity index (χ1) is 12.8. The van der Waals surface area contributed by atoms with Crippen molar-refractivity contribution in [2.75, 3.05) is 18.0 Å². The van der Waals surface area contributed by atoms with Gasteiger partial charge in [0.1, 0.15) is 0 Å². The molecule has 2 fully saturated rings. The molecule has 1 amide bonds. The van der Waals surface area contributed by atoms with E-state index >= 15 is 0 Å². The Bertz CT molecular complexity index is 551. The molecule has 0 aromatic carbocycles. The summed E-state index contributed by atoms with van der Waals surface area (Å²) < 4.78 is 5.50. The molecule has 0 unspecified atom stereocenters. The van der Waals surface area contributed by atoms with Gasteiger partial charge in [-0.05, 0) is 36.8 Å². The molecule has 146 valence electrons. The Morgan fingerprint density at radius 1 is 1.19 bits per heavy atom. The summed E-state index contributed by atoms with van der Waals surface area (Å²) in [6, 6.07) is 0. The molecule has 1 aliphatic heterocycles. The summed E-state index contributed by atoms with van der Waals surface area (Å²) in [5.41, 5.74) is 1.74. The van der Waals surface area contributed by atoms with E-state index in [9.17, 15) is 4.79 Å². The lowest BCUT2D eigenvalue weighted by molar-refractivity contribution is -0.129. The van der Waals surface area contributed by atoms with Gasteiger partial charge in [0.05, 0.1) is 0 Å². The fourth-order valence-corrected chi connectivity index (χ4v) is 4.33. The lowest BCUT2D eigenvalue weighted by Gasteiger charge is -2.24. The maximum Gasteiger partial charge on any atom is 0.266 e. The Labute approximate surface area is 155 Å². The number of carbonyl (C=O) groups is 1. The van der Waals surface area contributed by atoms with Crippen LogP contribution in [0.4, 0.5) is 5.95 Å². The van der Waals surface area contributed by atoms with Crippen molar-refractivity contribution in [3.8, 4) is 0 Å². The van der Waals surface area contributed by atoms with Crippen molar-refractivity contribution < 1.29 is 14.5 Å². The Hall–Kier alpha value is -1.63. The Kier molecular flexibility index (Phi) is 7.29. The van der Waals surface area contributed by atoms with E-state index in [1.165, 1.54) is 44.9 Å². The minimum Gasteiger partial charge on any atom is -0.338 e. The van der Waals surface area contributed by atoms with Crippen LogP contribution >= 0.6 is 0 Å². The molecule has 1 aromatic rings. The summed E-state index contributed by atoms with van der Waals surface area (Å²) in [7, 11) is 0. The van der Waals surface area contributed by atoms with E-state index in [0.29, 0.717) is 11.8 Å². The molecule has 1 aromatic heterocycles. The molecule has 2 aliphatic rings. The molecule has 2 heterocycles. The third-order valence-electron chi connectivity index (χ3n) is 5.87. The molecule has 0 spiro atoms. The number of nitrogens with zero attached hydrogens (tertiary/aromatic N) is 3. The second-order valence-corrected chi connectivity index (χ2v) is 7.85. The Morgan fingerprint density at radius 3 is 2.65 bits per heavy atom. The highest BCUT2D eigenvalue weighted by Crippen LogP contribution is 2.31. The summed E-state index contributed by atoms with van der Waals surface area (Å²) in [5.74, 6) is 1.46. The van der Waals surface area contributed by atoms with Gasteiger partial charge in [-0.1, -0.05) is 44.9 Å². The van der Waals surface area contributed by atoms with Gasteiger partial charge in [-0.2, -0.15) is 4.98 Å². The lowest BCUT2D eigenvalue weighted by Crippen LogP contribution is -2.30. The van der Waals surface area contributed by atoms with Gasteiger partial charge in [-0.15, -0.1) is 0 Å². The normalized spacial score (nSPS) is 20.1. The largest absolute Gasteiger partial charge is 0.338 e. The first kappa shape index (κ1) is 19.1. The maximum absolute atomic E-state index is 11.7. The van der Waals surface area contributed by atoms with Crippen molar-refractivity contribution in [2.45, 2.75) is 83.0 Å². The van der Waals surface area contributed by atoms with Crippen LogP contribution in [0.15, 0.2) is 4.52 Å². The summed E-state index contributed by atoms with van der Waals surface area (Å²) in [6.45, 7) is 1.92. The van der Waals surface area contributed by atoms with Crippen LogP contribution in [0.25, 0.3) is 0 Å². The molecule has 0 radical (unpaired) electrons. The highest BCUT2D eigenvalue weighted by atomic mass is 16.5. The van der Waals surface area contributed by atoms with Crippen molar-refractivity contribution in [1.82, 2.24) is 15.6 Å². The molecule has 1 saturated carbocycles. The van der Waals surface area contributed by atoms with E-state index in [1.54, 1.807) is 5.48 Å². The van der Waals surface area contributed by atoms with E-state index in [1.807, 2.05) is 0 Å². The number of amides is 1. The average molecular weight is 364 g/mol. The van der Waals surface area contributed by atoms with Crippen LogP contribution in [0.1, 0.15) is 88.9 Å². The van der Waals surface area contributed by atoms with Crippen molar-refractivity contribution in [1.29, 1.82) is 0 Å². The topological polar surface area (TPSA) is 91.5 Å². The third-order valence-corrected chi connectivity index (χ3v) is 5.87. The van der Waals surface area contributed by atoms with Crippen LogP contribution in [0.2, 0.25) is 0 Å². The minimum atomic E-state index is -0.398. The summed E-state index contributed by atoms with van der Waals surface area (Å²) in [5, 5.41) is 13.0. The van der Waals surface area contributed by atoms with Crippen LogP contribution in [0.3, 0.4) is 0 Å². The molecule has 7 heteroatoms. The number of carbonyl (C=O) groups excluding carboxylic acids is 1. The Morgan fingerprint density at radius 2 is 1.92 bits per heavy atom. The van der Waals surface area contributed by atoms with E-state index in [0.717, 1.165) is 44.7 Å². The monoisotopic (exact) mass is 364 g/mol. The highest BCUT2D eigenvalue weighted by molar-refractivity contribution is 5.75. The molecule has 1 atom stereocenters. The standard InChI is InChI=1S/C19H32N4O3/c24-17(21-25)14-16(11-7-10-15-8-3-1-4-9-15)18-20-19(22-26-18)23-12-5-2-6-13-23/h15-16,25H,1-14H2,(H,21,24)/t16-/m1/s1. The molecular formula is C19H32N4O3. The van der Waals surface area contributed by atoms with Gasteiger partial charge in [0, 0.05) is 25.4 Å². The zero-order valence-electron chi connectivity index (χ0n) is 15.7. The van der Waals surface area contributed by atoms with Crippen molar-refractivity contribution in [3.05, 3.63) is 5.89 Å². The maximum atomic E-state index is 11.7. The van der Waals surface area contributed by atoms with Gasteiger partial charge in [-0.3, -0.25) is 10.0 Å². The first-order valence-electron chi connectivity index (χ1n) is 10.3. The molecule has 1 aliphatic carbocycles. The van der Waals surface area contributed by atoms with E-state index in [-0.39, 0.29) is 12.3 Å². The zero-order chi connectivity index (χ0) is 18.2. The van der Waals surface area contributed by atoms with Gasteiger partial charge < -0.3 is 9.42 Å². The van der Waals surface area contributed by atoms with Crippen molar-refractivity contribution >= 4 is 11.9 Å². The number of hydrogen-bond donors (Lipinski definition) is 2. The van der Waals surface area contributed by atoms with Crippen molar-refractivity contribution in [2.24, 2.45) is 5.92 Å². The zero-order valence-corrected chi connectivity index (χ0v) is 15.7. The van der Waals surface area contributed by atoms with Crippen LogP contribution in [-0.4, -0.2) is 34.3 Å². The van der Waals surface area contributed by atoms with Crippen LogP contribution in [0.5, 0.6) is 0 Å². The molecular weight excluding hydrogens is 332 g/mol. The molecule has 1 saturated heterocycles. The number of anilines is 1. The highest BCUT2D eigenvalue weighted by Gasteiger charge is 2.25. The second kappa shape index (κ2) is 9.90. The smallest absolute Gasteiger partial charge is 0.266 e. The molecule has 0 bridgehead atoms. The molecule has 3 rings (SSSR count). The predicted molar refractivity (Wildman–Crippen MR) is 98.1 cm³/mol. The van der Waals surface area contributed by atoms with E-state index in [4.69, 9.17) is 9.73 Å². The van der Waals surface area contributed by atoms with Crippen molar-refractivity contribution in [3.63, 3.8) is 0 Å². The number of piperidine rings is 1. The second-order valence-electron chi connectivity index (χ2n) is 7.85. The average Bonchev–Trinajstić information content (AvgIpc) is 3.19. The molecule has 2 N–H and O–H groups in total. The number of hydroxylamine groups is 1. The number of aromatic nitrogens is 2.